The van der Waals surface area contributed by atoms with Gasteiger partial charge < -0.3 is 9.47 Å². The van der Waals surface area contributed by atoms with Crippen molar-refractivity contribution in [3.8, 4) is 11.5 Å². The molecule has 0 radical (unpaired) electrons. The molecule has 2 bridgehead atoms. The first-order chi connectivity index (χ1) is 23.2. The van der Waals surface area contributed by atoms with E-state index in [0.29, 0.717) is 13.1 Å². The minimum Gasteiger partial charge on any atom is -0.497 e. The number of hydrogen-bond acceptors (Lipinski definition) is 9. The number of methoxy groups -OCH3 is 2. The van der Waals surface area contributed by atoms with Gasteiger partial charge in [0.15, 0.2) is 12.2 Å². The van der Waals surface area contributed by atoms with Crippen LogP contribution >= 0.6 is 11.3 Å². The van der Waals surface area contributed by atoms with Crippen molar-refractivity contribution in [2.45, 2.75) is 36.9 Å². The molecule has 1 aliphatic carbocycles. The van der Waals surface area contributed by atoms with Crippen LogP contribution in [0.3, 0.4) is 0 Å². The standard InChI is InChI=1S/C35H32N5O2S.ClHO4/c1-41-26-11-7-24(8-12-26)22-38-17-15-31(36-38)35(32-16-18-39(37-32)23-25-9-13-27(42-2)14-10-25)21-30-28-5-3-4-6-29(28)33(35)34-40(30)19-20-43-34;2-1(3,4)5/h3-20,30,33H,21-23H2,1-2H3;(H,2,3,4,5)/q+1;/p-1. The Labute approximate surface area is 283 Å². The third kappa shape index (κ3) is 6.10. The molecule has 246 valence electrons. The highest BCUT2D eigenvalue weighted by atomic mass is 35.7. The summed E-state index contributed by atoms with van der Waals surface area (Å²) in [6.07, 6.45) is 7.39. The third-order valence-corrected chi connectivity index (χ3v) is 10.1. The molecule has 0 spiro atoms. The number of ether oxygens (including phenoxy) is 2. The minimum absolute atomic E-state index is 0.113. The van der Waals surface area contributed by atoms with Crippen molar-refractivity contribution in [1.29, 1.82) is 0 Å². The van der Waals surface area contributed by atoms with Gasteiger partial charge in [0.05, 0.1) is 55.4 Å². The van der Waals surface area contributed by atoms with Gasteiger partial charge in [0.25, 0.3) is 0 Å². The van der Waals surface area contributed by atoms with E-state index in [0.717, 1.165) is 29.3 Å². The van der Waals surface area contributed by atoms with Crippen LogP contribution in [-0.2, 0) is 18.5 Å². The second-order valence-electron chi connectivity index (χ2n) is 11.8. The molecule has 0 saturated carbocycles. The first-order valence-electron chi connectivity index (χ1n) is 15.2. The van der Waals surface area contributed by atoms with Gasteiger partial charge in [-0.3, -0.25) is 9.36 Å². The Hall–Kier alpha value is -4.56. The molecule has 5 heterocycles. The van der Waals surface area contributed by atoms with E-state index in [1.54, 1.807) is 14.2 Å². The number of hydrogen-bond donors (Lipinski definition) is 0. The lowest BCUT2D eigenvalue weighted by atomic mass is 9.57. The molecule has 9 rings (SSSR count). The molecular weight excluding hydrogens is 654 g/mol. The molecule has 2 atom stereocenters. The average Bonchev–Trinajstić information content (AvgIpc) is 3.87. The average molecular weight is 686 g/mol. The van der Waals surface area contributed by atoms with Crippen molar-refractivity contribution in [2.75, 3.05) is 14.2 Å². The SMILES string of the molecule is COc1ccc(Cn2ccc(C3(c4ccn(Cc5ccc(OC)cc5)n4)CC4c5ccccc5C3c3scc[n+]34)n2)cc1.[O-][Cl+3]([O-])([O-])[O-]. The third-order valence-electron chi connectivity index (χ3n) is 9.12. The number of halogens is 1. The topological polar surface area (TPSA) is 150 Å². The number of nitrogens with zero attached hydrogens (tertiary/aromatic N) is 5. The normalized spacial score (nSPS) is 17.2. The van der Waals surface area contributed by atoms with Crippen LogP contribution in [0.2, 0.25) is 0 Å². The van der Waals surface area contributed by atoms with Crippen LogP contribution in [-0.4, -0.2) is 33.8 Å². The largest absolute Gasteiger partial charge is 0.497 e. The monoisotopic (exact) mass is 685 g/mol. The molecule has 3 aromatic carbocycles. The Morgan fingerprint density at radius 3 is 1.77 bits per heavy atom. The summed E-state index contributed by atoms with van der Waals surface area (Å²) < 4.78 is 51.3. The first kappa shape index (κ1) is 32.0. The van der Waals surface area contributed by atoms with Gasteiger partial charge in [-0.25, -0.2) is 18.6 Å². The van der Waals surface area contributed by atoms with Crippen molar-refractivity contribution < 1.29 is 42.9 Å². The molecule has 3 aromatic heterocycles. The highest BCUT2D eigenvalue weighted by Crippen LogP contribution is 2.59. The Morgan fingerprint density at radius 1 is 0.771 bits per heavy atom. The summed E-state index contributed by atoms with van der Waals surface area (Å²) in [5.74, 6) is 1.83. The van der Waals surface area contributed by atoms with Crippen LogP contribution in [0.25, 0.3) is 0 Å². The second-order valence-corrected chi connectivity index (χ2v) is 13.5. The second kappa shape index (κ2) is 12.8. The fourth-order valence-corrected chi connectivity index (χ4v) is 8.20. The lowest BCUT2D eigenvalue weighted by Crippen LogP contribution is -2.68. The summed E-state index contributed by atoms with van der Waals surface area (Å²) in [5.41, 5.74) is 6.89. The lowest BCUT2D eigenvalue weighted by Gasteiger charge is -2.46. The number of benzene rings is 3. The molecule has 11 nitrogen and oxygen atoms in total. The highest BCUT2D eigenvalue weighted by molar-refractivity contribution is 7.09. The van der Waals surface area contributed by atoms with Gasteiger partial charge in [-0.15, -0.1) is 10.2 Å². The van der Waals surface area contributed by atoms with Crippen LogP contribution in [0.4, 0.5) is 0 Å². The molecule has 0 saturated heterocycles. The predicted octanol–water partition coefficient (Wildman–Crippen LogP) is 1.21. The van der Waals surface area contributed by atoms with Crippen LogP contribution in [0, 0.1) is 10.2 Å². The van der Waals surface area contributed by atoms with E-state index >= 15 is 0 Å². The Bertz CT molecular complexity index is 1920. The van der Waals surface area contributed by atoms with E-state index in [1.165, 1.54) is 27.3 Å². The minimum atomic E-state index is -4.94. The molecule has 2 aliphatic heterocycles. The molecule has 13 heteroatoms. The Morgan fingerprint density at radius 2 is 1.27 bits per heavy atom. The molecule has 3 aliphatic rings. The van der Waals surface area contributed by atoms with Gasteiger partial charge in [-0.2, -0.15) is 14.8 Å². The number of aromatic nitrogens is 5. The summed E-state index contributed by atoms with van der Waals surface area (Å²) in [6.45, 7) is 1.38. The molecule has 48 heavy (non-hydrogen) atoms. The molecule has 6 aromatic rings. The molecular formula is C35H32ClN5O6S. The Kier molecular flexibility index (Phi) is 8.54. The fraction of sp³-hybridized carbons (Fsp3) is 0.229. The number of rotatable bonds is 8. The van der Waals surface area contributed by atoms with Gasteiger partial charge in [-0.05, 0) is 53.1 Å². The van der Waals surface area contributed by atoms with E-state index in [9.17, 15) is 0 Å². The van der Waals surface area contributed by atoms with Crippen molar-refractivity contribution in [1.82, 2.24) is 19.6 Å². The van der Waals surface area contributed by atoms with Gasteiger partial charge in [0, 0.05) is 24.4 Å². The van der Waals surface area contributed by atoms with Crippen LogP contribution in [0.1, 0.15) is 57.0 Å². The molecule has 0 fully saturated rings. The maximum atomic E-state index is 8.49. The number of thiazole rings is 1. The maximum Gasteiger partial charge on any atom is 0.246 e. The van der Waals surface area contributed by atoms with E-state index in [4.69, 9.17) is 38.3 Å². The fourth-order valence-electron chi connectivity index (χ4n) is 7.09. The van der Waals surface area contributed by atoms with E-state index in [-0.39, 0.29) is 12.0 Å². The van der Waals surface area contributed by atoms with Crippen LogP contribution < -0.4 is 32.7 Å². The zero-order valence-corrected chi connectivity index (χ0v) is 27.7. The van der Waals surface area contributed by atoms with E-state index in [1.807, 2.05) is 35.6 Å². The zero-order valence-electron chi connectivity index (χ0n) is 26.1. The lowest BCUT2D eigenvalue weighted by molar-refractivity contribution is -2.00. The van der Waals surface area contributed by atoms with Crippen molar-refractivity contribution in [3.05, 3.63) is 148 Å². The van der Waals surface area contributed by atoms with Crippen molar-refractivity contribution >= 4 is 11.3 Å². The summed E-state index contributed by atoms with van der Waals surface area (Å²) in [6, 6.07) is 30.0. The predicted molar refractivity (Wildman–Crippen MR) is 165 cm³/mol. The van der Waals surface area contributed by atoms with E-state index < -0.39 is 15.7 Å². The maximum absolute atomic E-state index is 8.49. The summed E-state index contributed by atoms with van der Waals surface area (Å²) in [5, 5.41) is 14.2. The van der Waals surface area contributed by atoms with Gasteiger partial charge in [0.1, 0.15) is 11.5 Å². The smallest absolute Gasteiger partial charge is 0.246 e. The van der Waals surface area contributed by atoms with Gasteiger partial charge in [-0.1, -0.05) is 59.9 Å². The first-order valence-corrected chi connectivity index (χ1v) is 17.3. The quantitative estimate of drug-likeness (QED) is 0.217. The summed E-state index contributed by atoms with van der Waals surface area (Å²) >= 11 is 1.84. The summed E-state index contributed by atoms with van der Waals surface area (Å²) in [4.78, 5) is 0. The van der Waals surface area contributed by atoms with E-state index in [2.05, 4.69) is 98.6 Å². The molecule has 0 amide bonds. The van der Waals surface area contributed by atoms with Gasteiger partial charge >= 0.3 is 0 Å². The Balaban J connectivity index is 0.000000681. The van der Waals surface area contributed by atoms with Crippen LogP contribution in [0.5, 0.6) is 11.5 Å². The van der Waals surface area contributed by atoms with Crippen molar-refractivity contribution in [2.24, 2.45) is 0 Å². The number of fused-ring (bicyclic) bond motifs is 1. The molecule has 0 N–H and O–H groups in total. The van der Waals surface area contributed by atoms with Crippen molar-refractivity contribution in [3.63, 3.8) is 0 Å². The summed E-state index contributed by atoms with van der Waals surface area (Å²) in [7, 11) is -1.56. The zero-order chi connectivity index (χ0) is 33.5. The van der Waals surface area contributed by atoms with Gasteiger partial charge in [0.2, 0.25) is 5.01 Å². The highest BCUT2D eigenvalue weighted by Gasteiger charge is 2.62. The molecule has 2 unspecified atom stereocenters. The van der Waals surface area contributed by atoms with Crippen LogP contribution in [0.15, 0.2) is 109 Å².